The van der Waals surface area contributed by atoms with Crippen molar-refractivity contribution in [3.8, 4) is 0 Å². The number of hydrogen-bond acceptors (Lipinski definition) is 4. The Morgan fingerprint density at radius 3 is 2.24 bits per heavy atom. The molecule has 0 fully saturated rings. The molecule has 3 rings (SSSR count). The SMILES string of the molecule is CCOC(=O)C(C(=O)OCC)[C@@H](c1ccc(Br)cc1)c1c[nH]c2ccc(I)cc12. The fourth-order valence-corrected chi connectivity index (χ4v) is 4.18. The molecule has 0 aliphatic carbocycles. The molecule has 1 heterocycles. The predicted molar refractivity (Wildman–Crippen MR) is 124 cm³/mol. The van der Waals surface area contributed by atoms with Crippen molar-refractivity contribution in [3.63, 3.8) is 0 Å². The van der Waals surface area contributed by atoms with Crippen LogP contribution in [0.4, 0.5) is 0 Å². The van der Waals surface area contributed by atoms with Gasteiger partial charge in [0.1, 0.15) is 0 Å². The molecule has 0 unspecified atom stereocenters. The molecule has 2 aromatic carbocycles. The van der Waals surface area contributed by atoms with Crippen LogP contribution in [0.2, 0.25) is 0 Å². The Balaban J connectivity index is 2.22. The summed E-state index contributed by atoms with van der Waals surface area (Å²) < 4.78 is 12.5. The van der Waals surface area contributed by atoms with Gasteiger partial charge in [0.2, 0.25) is 0 Å². The van der Waals surface area contributed by atoms with E-state index < -0.39 is 23.8 Å². The molecule has 5 nitrogen and oxygen atoms in total. The average Bonchev–Trinajstić information content (AvgIpc) is 3.09. The molecule has 0 aliphatic heterocycles. The van der Waals surface area contributed by atoms with E-state index in [1.807, 2.05) is 48.7 Å². The number of hydrogen-bond donors (Lipinski definition) is 1. The molecule has 0 bridgehead atoms. The van der Waals surface area contributed by atoms with E-state index in [0.29, 0.717) is 0 Å². The second-order valence-electron chi connectivity index (χ2n) is 6.44. The van der Waals surface area contributed by atoms with Crippen molar-refractivity contribution in [2.24, 2.45) is 5.92 Å². The molecule has 0 amide bonds. The second-order valence-corrected chi connectivity index (χ2v) is 8.61. The molecule has 0 aliphatic rings. The molecule has 0 spiro atoms. The minimum atomic E-state index is -1.10. The third-order valence-corrected chi connectivity index (χ3v) is 5.85. The van der Waals surface area contributed by atoms with Gasteiger partial charge in [0.15, 0.2) is 5.92 Å². The topological polar surface area (TPSA) is 68.4 Å². The number of benzene rings is 2. The van der Waals surface area contributed by atoms with Crippen LogP contribution in [0.3, 0.4) is 0 Å². The van der Waals surface area contributed by atoms with Gasteiger partial charge in [0.05, 0.1) is 13.2 Å². The van der Waals surface area contributed by atoms with Crippen molar-refractivity contribution >= 4 is 61.4 Å². The standard InChI is InChI=1S/C22H21BrINO4/c1-3-28-21(26)20(22(27)29-4-2)19(13-5-7-14(23)8-6-13)17-12-25-18-10-9-15(24)11-16(17)18/h5-12,19-20,25H,3-4H2,1-2H3/t19-/m0/s1. The maximum atomic E-state index is 12.9. The summed E-state index contributed by atoms with van der Waals surface area (Å²) in [6.07, 6.45) is 1.86. The third kappa shape index (κ3) is 4.83. The van der Waals surface area contributed by atoms with Crippen LogP contribution in [0.1, 0.15) is 30.9 Å². The van der Waals surface area contributed by atoms with Gasteiger partial charge in [-0.3, -0.25) is 9.59 Å². The van der Waals surface area contributed by atoms with Crippen molar-refractivity contribution in [1.82, 2.24) is 4.98 Å². The highest BCUT2D eigenvalue weighted by Gasteiger charge is 2.40. The van der Waals surface area contributed by atoms with E-state index >= 15 is 0 Å². The zero-order valence-corrected chi connectivity index (χ0v) is 19.8. The Morgan fingerprint density at radius 2 is 1.66 bits per heavy atom. The van der Waals surface area contributed by atoms with Crippen molar-refractivity contribution in [2.75, 3.05) is 13.2 Å². The number of aromatic amines is 1. The molecule has 0 saturated carbocycles. The first kappa shape index (κ1) is 21.8. The van der Waals surface area contributed by atoms with Gasteiger partial charge in [0, 0.05) is 31.1 Å². The van der Waals surface area contributed by atoms with E-state index in [-0.39, 0.29) is 13.2 Å². The quantitative estimate of drug-likeness (QED) is 0.235. The number of esters is 2. The first-order valence-electron chi connectivity index (χ1n) is 9.31. The highest BCUT2D eigenvalue weighted by atomic mass is 127. The summed E-state index contributed by atoms with van der Waals surface area (Å²) >= 11 is 5.70. The average molecular weight is 570 g/mol. The molecule has 0 radical (unpaired) electrons. The summed E-state index contributed by atoms with van der Waals surface area (Å²) in [5.74, 6) is -2.82. The number of nitrogens with one attached hydrogen (secondary N) is 1. The summed E-state index contributed by atoms with van der Waals surface area (Å²) in [4.78, 5) is 29.0. The number of carbonyl (C=O) groups is 2. The van der Waals surface area contributed by atoms with Crippen LogP contribution in [0, 0.1) is 9.49 Å². The number of rotatable bonds is 7. The molecule has 0 saturated heterocycles. The van der Waals surface area contributed by atoms with Gasteiger partial charge < -0.3 is 14.5 Å². The van der Waals surface area contributed by atoms with Crippen LogP contribution >= 0.6 is 38.5 Å². The Hall–Kier alpha value is -1.87. The van der Waals surface area contributed by atoms with Crippen LogP contribution in [0.25, 0.3) is 10.9 Å². The lowest BCUT2D eigenvalue weighted by atomic mass is 9.80. The maximum Gasteiger partial charge on any atom is 0.321 e. The fourth-order valence-electron chi connectivity index (χ4n) is 3.43. The van der Waals surface area contributed by atoms with E-state index in [1.54, 1.807) is 13.8 Å². The summed E-state index contributed by atoms with van der Waals surface area (Å²) in [5.41, 5.74) is 2.63. The normalized spacial score (nSPS) is 12.2. The van der Waals surface area contributed by atoms with Crippen LogP contribution in [-0.4, -0.2) is 30.1 Å². The van der Waals surface area contributed by atoms with Gasteiger partial charge in [0.25, 0.3) is 0 Å². The smallest absolute Gasteiger partial charge is 0.321 e. The van der Waals surface area contributed by atoms with Gasteiger partial charge in [-0.2, -0.15) is 0 Å². The first-order chi connectivity index (χ1) is 14.0. The number of halogens is 2. The first-order valence-corrected chi connectivity index (χ1v) is 11.2. The lowest BCUT2D eigenvalue weighted by Gasteiger charge is -2.25. The highest BCUT2D eigenvalue weighted by Crippen LogP contribution is 2.38. The van der Waals surface area contributed by atoms with Crippen molar-refractivity contribution < 1.29 is 19.1 Å². The predicted octanol–water partition coefficient (Wildman–Crippen LogP) is 5.41. The molecule has 3 aromatic rings. The summed E-state index contributed by atoms with van der Waals surface area (Å²) in [5, 5.41) is 0.961. The fraction of sp³-hybridized carbons (Fsp3) is 0.273. The zero-order chi connectivity index (χ0) is 21.0. The number of aromatic nitrogens is 1. The number of carbonyl (C=O) groups excluding carboxylic acids is 2. The van der Waals surface area contributed by atoms with Crippen LogP contribution < -0.4 is 0 Å². The Labute approximate surface area is 191 Å². The lowest BCUT2D eigenvalue weighted by Crippen LogP contribution is -2.34. The summed E-state index contributed by atoms with van der Waals surface area (Å²) in [7, 11) is 0. The molecule has 1 N–H and O–H groups in total. The maximum absolute atomic E-state index is 12.9. The Kier molecular flexibility index (Phi) is 7.34. The van der Waals surface area contributed by atoms with Crippen molar-refractivity contribution in [3.05, 3.63) is 67.8 Å². The van der Waals surface area contributed by atoms with E-state index in [2.05, 4.69) is 43.5 Å². The van der Waals surface area contributed by atoms with Gasteiger partial charge >= 0.3 is 11.9 Å². The molecular weight excluding hydrogens is 549 g/mol. The zero-order valence-electron chi connectivity index (χ0n) is 16.1. The Morgan fingerprint density at radius 1 is 1.03 bits per heavy atom. The van der Waals surface area contributed by atoms with Gasteiger partial charge in [-0.1, -0.05) is 28.1 Å². The second kappa shape index (κ2) is 9.75. The van der Waals surface area contributed by atoms with E-state index in [4.69, 9.17) is 9.47 Å². The molecule has 29 heavy (non-hydrogen) atoms. The monoisotopic (exact) mass is 569 g/mol. The van der Waals surface area contributed by atoms with Crippen molar-refractivity contribution in [1.29, 1.82) is 0 Å². The van der Waals surface area contributed by atoms with Crippen LogP contribution in [0.15, 0.2) is 53.1 Å². The van der Waals surface area contributed by atoms with Crippen LogP contribution in [-0.2, 0) is 19.1 Å². The third-order valence-electron chi connectivity index (χ3n) is 4.65. The number of fused-ring (bicyclic) bond motifs is 1. The molecule has 152 valence electrons. The minimum absolute atomic E-state index is 0.188. The largest absolute Gasteiger partial charge is 0.465 e. The van der Waals surface area contributed by atoms with E-state index in [1.165, 1.54) is 0 Å². The lowest BCUT2D eigenvalue weighted by molar-refractivity contribution is -0.162. The molecular formula is C22H21BrINO4. The molecule has 1 atom stereocenters. The van der Waals surface area contributed by atoms with Gasteiger partial charge in [-0.15, -0.1) is 0 Å². The highest BCUT2D eigenvalue weighted by molar-refractivity contribution is 14.1. The molecule has 7 heteroatoms. The number of H-pyrrole nitrogens is 1. The summed E-state index contributed by atoms with van der Waals surface area (Å²) in [6, 6.07) is 13.7. The van der Waals surface area contributed by atoms with E-state index in [0.717, 1.165) is 30.1 Å². The van der Waals surface area contributed by atoms with Crippen LogP contribution in [0.5, 0.6) is 0 Å². The van der Waals surface area contributed by atoms with Crippen molar-refractivity contribution in [2.45, 2.75) is 19.8 Å². The van der Waals surface area contributed by atoms with E-state index in [9.17, 15) is 9.59 Å². The summed E-state index contributed by atoms with van der Waals surface area (Å²) in [6.45, 7) is 3.83. The van der Waals surface area contributed by atoms with Gasteiger partial charge in [-0.25, -0.2) is 0 Å². The van der Waals surface area contributed by atoms with Gasteiger partial charge in [-0.05, 0) is 77.9 Å². The molecule has 1 aromatic heterocycles. The Bertz CT molecular complexity index is 997. The number of ether oxygens (including phenoxy) is 2. The minimum Gasteiger partial charge on any atom is -0.465 e.